The van der Waals surface area contributed by atoms with Crippen LogP contribution in [0.3, 0.4) is 0 Å². The van der Waals surface area contributed by atoms with Gasteiger partial charge < -0.3 is 14.0 Å². The summed E-state index contributed by atoms with van der Waals surface area (Å²) in [5.74, 6) is 2.12. The van der Waals surface area contributed by atoms with Gasteiger partial charge in [-0.25, -0.2) is 0 Å². The second-order valence-corrected chi connectivity index (χ2v) is 26.4. The summed E-state index contributed by atoms with van der Waals surface area (Å²) in [6.07, 6.45) is 13.9. The first-order chi connectivity index (χ1) is 17.7. The summed E-state index contributed by atoms with van der Waals surface area (Å²) in [7, 11) is -3.78. The molecule has 0 aromatic carbocycles. The fourth-order valence-electron chi connectivity index (χ4n) is 7.40. The Morgan fingerprint density at radius 2 is 1.51 bits per heavy atom. The molecule has 3 rings (SSSR count). The van der Waals surface area contributed by atoms with Crippen LogP contribution in [0.5, 0.6) is 0 Å². The molecule has 0 aromatic heterocycles. The maximum absolute atomic E-state index is 9.94. The van der Waals surface area contributed by atoms with Gasteiger partial charge in [-0.2, -0.15) is 0 Å². The Labute approximate surface area is 244 Å². The van der Waals surface area contributed by atoms with E-state index >= 15 is 0 Å². The predicted molar refractivity (Wildman–Crippen MR) is 173 cm³/mol. The molecule has 0 spiro atoms. The molecule has 0 radical (unpaired) electrons. The quantitative estimate of drug-likeness (QED) is 0.306. The van der Waals surface area contributed by atoms with E-state index in [1.54, 1.807) is 5.57 Å². The van der Waals surface area contributed by atoms with Gasteiger partial charge in [0, 0.05) is 12.5 Å². The van der Waals surface area contributed by atoms with Gasteiger partial charge >= 0.3 is 0 Å². The normalized spacial score (nSPS) is 35.9. The molecule has 0 unspecified atom stereocenters. The van der Waals surface area contributed by atoms with Crippen LogP contribution in [0, 0.1) is 29.1 Å². The van der Waals surface area contributed by atoms with Crippen LogP contribution in [0.15, 0.2) is 23.3 Å². The summed E-state index contributed by atoms with van der Waals surface area (Å²) in [6.45, 7) is 31.2. The Hall–Kier alpha value is -0.206. The van der Waals surface area contributed by atoms with Crippen molar-refractivity contribution in [3.8, 4) is 0 Å². The Morgan fingerprint density at radius 3 is 2.08 bits per heavy atom. The van der Waals surface area contributed by atoms with E-state index in [-0.39, 0.29) is 22.3 Å². The lowest BCUT2D eigenvalue weighted by molar-refractivity contribution is 0.0453. The molecule has 0 aliphatic heterocycles. The van der Waals surface area contributed by atoms with Crippen molar-refractivity contribution in [3.05, 3.63) is 23.3 Å². The highest BCUT2D eigenvalue weighted by Crippen LogP contribution is 2.59. The topological polar surface area (TPSA) is 38.7 Å². The predicted octanol–water partition coefficient (Wildman–Crippen LogP) is 9.89. The zero-order chi connectivity index (χ0) is 29.6. The number of fused-ring (bicyclic) bond motifs is 1. The average Bonchev–Trinajstić information content (AvgIpc) is 3.15. The van der Waals surface area contributed by atoms with Gasteiger partial charge in [0.05, 0.1) is 12.2 Å². The maximum atomic E-state index is 9.94. The van der Waals surface area contributed by atoms with Crippen LogP contribution in [-0.4, -0.2) is 40.6 Å². The third kappa shape index (κ3) is 7.06. The smallest absolute Gasteiger partial charge is 0.192 e. The monoisotopic (exact) mass is 576 g/mol. The molecule has 3 nitrogen and oxygen atoms in total. The minimum Gasteiger partial charge on any atom is -0.414 e. The van der Waals surface area contributed by atoms with Gasteiger partial charge in [-0.15, -0.1) is 0 Å². The van der Waals surface area contributed by atoms with E-state index in [0.29, 0.717) is 35.7 Å². The van der Waals surface area contributed by atoms with E-state index in [1.165, 1.54) is 37.7 Å². The summed E-state index contributed by atoms with van der Waals surface area (Å²) in [5.41, 5.74) is 3.52. The molecule has 0 amide bonds. The lowest BCUT2D eigenvalue weighted by Gasteiger charge is -2.47. The van der Waals surface area contributed by atoms with Gasteiger partial charge in [0.2, 0.25) is 0 Å². The first-order valence-corrected chi connectivity index (χ1v) is 21.9. The Kier molecular flexibility index (Phi) is 10.1. The van der Waals surface area contributed by atoms with Crippen molar-refractivity contribution in [3.63, 3.8) is 0 Å². The highest BCUT2D eigenvalue weighted by Gasteiger charge is 2.51. The molecule has 3 saturated carbocycles. The minimum absolute atomic E-state index is 0.197. The molecule has 0 bridgehead atoms. The molecular formula is C34H64O3Si2. The van der Waals surface area contributed by atoms with Crippen LogP contribution >= 0.6 is 0 Å². The number of aliphatic hydroxyl groups excluding tert-OH is 1. The highest BCUT2D eigenvalue weighted by atomic mass is 28.4. The van der Waals surface area contributed by atoms with Gasteiger partial charge in [0.25, 0.3) is 0 Å². The molecule has 3 fully saturated rings. The summed E-state index contributed by atoms with van der Waals surface area (Å²) in [6, 6.07) is 0. The SMILES string of the molecule is C[C@H](CO)[C@H]1CC[C@H]2C(=CC=C3C[C@@H](O[Si](C)(C)C(C)(C)C)C[C@H](O[Si](C)(C)C(C)(C)C)[C@@H]3C)CCC[C@]12C. The van der Waals surface area contributed by atoms with Crippen molar-refractivity contribution in [2.45, 2.75) is 156 Å². The van der Waals surface area contributed by atoms with Crippen molar-refractivity contribution in [2.75, 3.05) is 6.61 Å². The molecule has 1 N–H and O–H groups in total. The van der Waals surface area contributed by atoms with E-state index in [0.717, 1.165) is 12.8 Å². The van der Waals surface area contributed by atoms with Crippen molar-refractivity contribution < 1.29 is 14.0 Å². The van der Waals surface area contributed by atoms with Crippen LogP contribution in [-0.2, 0) is 8.85 Å². The van der Waals surface area contributed by atoms with Crippen LogP contribution in [0.1, 0.15) is 107 Å². The molecule has 7 atom stereocenters. The lowest BCUT2D eigenvalue weighted by atomic mass is 9.61. The van der Waals surface area contributed by atoms with Gasteiger partial charge in [-0.1, -0.05) is 85.6 Å². The Balaban J connectivity index is 1.92. The van der Waals surface area contributed by atoms with E-state index in [9.17, 15) is 5.11 Å². The van der Waals surface area contributed by atoms with Gasteiger partial charge in [-0.05, 0) is 104 Å². The average molecular weight is 577 g/mol. The van der Waals surface area contributed by atoms with Crippen molar-refractivity contribution in [1.82, 2.24) is 0 Å². The molecule has 3 aliphatic rings. The van der Waals surface area contributed by atoms with E-state index < -0.39 is 16.6 Å². The van der Waals surface area contributed by atoms with E-state index in [2.05, 4.69) is 101 Å². The van der Waals surface area contributed by atoms with Crippen molar-refractivity contribution in [2.24, 2.45) is 29.1 Å². The van der Waals surface area contributed by atoms with E-state index in [4.69, 9.17) is 8.85 Å². The van der Waals surface area contributed by atoms with Crippen molar-refractivity contribution >= 4 is 16.6 Å². The molecule has 39 heavy (non-hydrogen) atoms. The Morgan fingerprint density at radius 1 is 0.949 bits per heavy atom. The number of hydrogen-bond donors (Lipinski definition) is 1. The molecule has 0 heterocycles. The second-order valence-electron chi connectivity index (χ2n) is 16.9. The summed E-state index contributed by atoms with van der Waals surface area (Å²) >= 11 is 0. The summed E-state index contributed by atoms with van der Waals surface area (Å²) in [4.78, 5) is 0. The first kappa shape index (κ1) is 33.3. The maximum Gasteiger partial charge on any atom is 0.192 e. The van der Waals surface area contributed by atoms with Gasteiger partial charge in [0.15, 0.2) is 16.6 Å². The van der Waals surface area contributed by atoms with Gasteiger partial charge in [-0.3, -0.25) is 0 Å². The molecule has 3 aliphatic carbocycles. The van der Waals surface area contributed by atoms with Crippen LogP contribution in [0.2, 0.25) is 36.3 Å². The fraction of sp³-hybridized carbons (Fsp3) is 0.882. The molecular weight excluding hydrogens is 513 g/mol. The number of hydrogen-bond acceptors (Lipinski definition) is 3. The standard InChI is InChI=1S/C34H64O3Si2/c1-24(23-35)29-18-19-30-26(15-14-20-34(29,30)9)16-17-27-21-28(36-38(10,11)32(3,4)5)22-31(25(27)2)37-39(12,13)33(6,7)8/h16-17,24-25,28-31,35H,14-15,18-23H2,1-13H3/t24-,25-,28-,29-,30+,31+,34-/m1/s1. The van der Waals surface area contributed by atoms with Gasteiger partial charge in [0.1, 0.15) is 0 Å². The zero-order valence-electron chi connectivity index (χ0n) is 28.0. The molecule has 226 valence electrons. The van der Waals surface area contributed by atoms with Crippen LogP contribution in [0.4, 0.5) is 0 Å². The second kappa shape index (κ2) is 11.8. The number of allylic oxidation sites excluding steroid dienone is 3. The highest BCUT2D eigenvalue weighted by molar-refractivity contribution is 6.74. The first-order valence-electron chi connectivity index (χ1n) is 16.1. The largest absolute Gasteiger partial charge is 0.414 e. The molecule has 0 aromatic rings. The summed E-state index contributed by atoms with van der Waals surface area (Å²) in [5, 5.41) is 10.3. The fourth-order valence-corrected chi connectivity index (χ4v) is 10.2. The third-order valence-corrected chi connectivity index (χ3v) is 21.2. The van der Waals surface area contributed by atoms with Crippen LogP contribution in [0.25, 0.3) is 0 Å². The molecule has 5 heteroatoms. The Bertz CT molecular complexity index is 906. The minimum atomic E-state index is -1.90. The lowest BCUT2D eigenvalue weighted by Crippen LogP contribution is -2.50. The number of aliphatic hydroxyl groups is 1. The zero-order valence-corrected chi connectivity index (χ0v) is 30.0. The van der Waals surface area contributed by atoms with E-state index in [1.807, 2.05) is 0 Å². The third-order valence-electron chi connectivity index (χ3n) is 12.1. The van der Waals surface area contributed by atoms with Crippen molar-refractivity contribution in [1.29, 1.82) is 0 Å². The van der Waals surface area contributed by atoms with Crippen LogP contribution < -0.4 is 0 Å². The number of rotatable bonds is 7. The summed E-state index contributed by atoms with van der Waals surface area (Å²) < 4.78 is 14.2. The molecule has 0 saturated heterocycles.